The quantitative estimate of drug-likeness (QED) is 0.735. The number of ether oxygens (including phenoxy) is 1. The molecule has 0 radical (unpaired) electrons. The SMILES string of the molecule is O=C(NCCn1nc([C@@H]2CCCN(C(=O)C[C@@H]3CCCO3)C2)c2cccnc21)C1CC1. The molecule has 8 heteroatoms. The van der Waals surface area contributed by atoms with Crippen LogP contribution >= 0.6 is 0 Å². The van der Waals surface area contributed by atoms with Crippen molar-refractivity contribution in [3.8, 4) is 0 Å². The molecule has 1 N–H and O–H groups in total. The van der Waals surface area contributed by atoms with Crippen molar-refractivity contribution in [1.29, 1.82) is 0 Å². The Balaban J connectivity index is 1.28. The van der Waals surface area contributed by atoms with E-state index in [1.165, 1.54) is 0 Å². The molecule has 2 amide bonds. The predicted octanol–water partition coefficient (Wildman–Crippen LogP) is 2.23. The number of pyridine rings is 1. The fraction of sp³-hybridized carbons (Fsp3) is 0.652. The van der Waals surface area contributed by atoms with Gasteiger partial charge in [-0.2, -0.15) is 5.10 Å². The first-order valence-electron chi connectivity index (χ1n) is 11.7. The summed E-state index contributed by atoms with van der Waals surface area (Å²) in [5.41, 5.74) is 1.87. The Kier molecular flexibility index (Phi) is 5.89. The number of carbonyl (C=O) groups is 2. The van der Waals surface area contributed by atoms with Gasteiger partial charge in [-0.3, -0.25) is 9.59 Å². The topological polar surface area (TPSA) is 89.4 Å². The van der Waals surface area contributed by atoms with Crippen LogP contribution in [0.2, 0.25) is 0 Å². The second kappa shape index (κ2) is 8.94. The van der Waals surface area contributed by atoms with Crippen molar-refractivity contribution >= 4 is 22.8 Å². The molecule has 3 aliphatic rings. The van der Waals surface area contributed by atoms with Gasteiger partial charge in [-0.1, -0.05) is 0 Å². The molecule has 0 unspecified atom stereocenters. The average Bonchev–Trinajstić information content (AvgIpc) is 3.41. The van der Waals surface area contributed by atoms with Gasteiger partial charge >= 0.3 is 0 Å². The van der Waals surface area contributed by atoms with Gasteiger partial charge in [-0.15, -0.1) is 0 Å². The molecule has 2 aromatic heterocycles. The highest BCUT2D eigenvalue weighted by molar-refractivity contribution is 5.81. The third-order valence-electron chi connectivity index (χ3n) is 6.69. The number of fused-ring (bicyclic) bond motifs is 1. The van der Waals surface area contributed by atoms with Crippen LogP contribution in [-0.4, -0.2) is 63.8 Å². The monoisotopic (exact) mass is 425 g/mol. The molecule has 5 rings (SSSR count). The second-order valence-corrected chi connectivity index (χ2v) is 9.07. The van der Waals surface area contributed by atoms with Crippen molar-refractivity contribution in [2.75, 3.05) is 26.2 Å². The van der Waals surface area contributed by atoms with Gasteiger partial charge < -0.3 is 15.0 Å². The predicted molar refractivity (Wildman–Crippen MR) is 115 cm³/mol. The summed E-state index contributed by atoms with van der Waals surface area (Å²) in [7, 11) is 0. The standard InChI is InChI=1S/C23H31N5O3/c29-20(14-18-5-3-13-31-18)27-11-2-4-17(15-27)21-19-6-1-9-24-22(19)28(26-21)12-10-25-23(30)16-7-8-16/h1,6,9,16-18H,2-5,7-8,10-15H2,(H,25,30)/t17-,18+/m1/s1. The van der Waals surface area contributed by atoms with E-state index in [0.717, 1.165) is 68.4 Å². The van der Waals surface area contributed by atoms with Crippen molar-refractivity contribution in [1.82, 2.24) is 25.0 Å². The highest BCUT2D eigenvalue weighted by Crippen LogP contribution is 2.32. The van der Waals surface area contributed by atoms with Gasteiger partial charge in [-0.05, 0) is 50.7 Å². The number of likely N-dealkylation sites (tertiary alicyclic amines) is 1. The molecular formula is C23H31N5O3. The third kappa shape index (κ3) is 4.59. The fourth-order valence-electron chi connectivity index (χ4n) is 4.82. The fourth-order valence-corrected chi connectivity index (χ4v) is 4.82. The lowest BCUT2D eigenvalue weighted by Crippen LogP contribution is -2.40. The van der Waals surface area contributed by atoms with Gasteiger partial charge in [0.15, 0.2) is 5.65 Å². The zero-order valence-corrected chi connectivity index (χ0v) is 18.0. The Labute approximate surface area is 182 Å². The number of nitrogens with zero attached hydrogens (tertiary/aromatic N) is 4. The number of carbonyl (C=O) groups excluding carboxylic acids is 2. The lowest BCUT2D eigenvalue weighted by Gasteiger charge is -2.32. The summed E-state index contributed by atoms with van der Waals surface area (Å²) in [5, 5.41) is 8.97. The van der Waals surface area contributed by atoms with Crippen LogP contribution in [0.5, 0.6) is 0 Å². The maximum absolute atomic E-state index is 12.8. The van der Waals surface area contributed by atoms with E-state index in [1.807, 2.05) is 15.6 Å². The van der Waals surface area contributed by atoms with Crippen LogP contribution in [0.25, 0.3) is 11.0 Å². The first-order chi connectivity index (χ1) is 15.2. The summed E-state index contributed by atoms with van der Waals surface area (Å²) < 4.78 is 7.57. The average molecular weight is 426 g/mol. The van der Waals surface area contributed by atoms with Crippen molar-refractivity contribution in [2.24, 2.45) is 5.92 Å². The molecule has 1 saturated carbocycles. The van der Waals surface area contributed by atoms with E-state index in [0.29, 0.717) is 26.1 Å². The lowest BCUT2D eigenvalue weighted by atomic mass is 9.93. The zero-order chi connectivity index (χ0) is 21.2. The number of piperidine rings is 1. The van der Waals surface area contributed by atoms with Crippen LogP contribution in [0.1, 0.15) is 56.6 Å². The van der Waals surface area contributed by atoms with E-state index in [4.69, 9.17) is 9.84 Å². The Morgan fingerprint density at radius 3 is 2.90 bits per heavy atom. The number of amides is 2. The Hall–Kier alpha value is -2.48. The van der Waals surface area contributed by atoms with Gasteiger partial charge in [0.05, 0.1) is 24.8 Å². The van der Waals surface area contributed by atoms with E-state index < -0.39 is 0 Å². The maximum Gasteiger partial charge on any atom is 0.225 e. The van der Waals surface area contributed by atoms with Crippen LogP contribution in [0, 0.1) is 5.92 Å². The summed E-state index contributed by atoms with van der Waals surface area (Å²) in [6.45, 7) is 3.44. The molecule has 2 aromatic rings. The summed E-state index contributed by atoms with van der Waals surface area (Å²) >= 11 is 0. The number of hydrogen-bond donors (Lipinski definition) is 1. The van der Waals surface area contributed by atoms with Crippen molar-refractivity contribution in [3.63, 3.8) is 0 Å². The van der Waals surface area contributed by atoms with E-state index in [2.05, 4.69) is 16.4 Å². The van der Waals surface area contributed by atoms with Crippen LogP contribution in [-0.2, 0) is 20.9 Å². The molecule has 3 fully saturated rings. The molecule has 2 saturated heterocycles. The third-order valence-corrected chi connectivity index (χ3v) is 6.69. The maximum atomic E-state index is 12.8. The summed E-state index contributed by atoms with van der Waals surface area (Å²) in [6, 6.07) is 4.01. The molecule has 0 spiro atoms. The Morgan fingerprint density at radius 1 is 1.19 bits per heavy atom. The smallest absolute Gasteiger partial charge is 0.225 e. The largest absolute Gasteiger partial charge is 0.378 e. The van der Waals surface area contributed by atoms with Crippen molar-refractivity contribution in [2.45, 2.75) is 63.5 Å². The van der Waals surface area contributed by atoms with E-state index in [9.17, 15) is 9.59 Å². The number of aromatic nitrogens is 3. The molecule has 2 aliphatic heterocycles. The summed E-state index contributed by atoms with van der Waals surface area (Å²) in [4.78, 5) is 31.3. The number of hydrogen-bond acceptors (Lipinski definition) is 5. The minimum Gasteiger partial charge on any atom is -0.378 e. The van der Waals surface area contributed by atoms with Crippen molar-refractivity contribution in [3.05, 3.63) is 24.0 Å². The first-order valence-corrected chi connectivity index (χ1v) is 11.7. The molecule has 4 heterocycles. The first kappa shape index (κ1) is 20.4. The van der Waals surface area contributed by atoms with Gasteiger partial charge in [0, 0.05) is 49.7 Å². The van der Waals surface area contributed by atoms with Gasteiger partial charge in [-0.25, -0.2) is 9.67 Å². The Bertz CT molecular complexity index is 948. The second-order valence-electron chi connectivity index (χ2n) is 9.07. The Morgan fingerprint density at radius 2 is 2.10 bits per heavy atom. The minimum absolute atomic E-state index is 0.0861. The van der Waals surface area contributed by atoms with Crippen LogP contribution in [0.4, 0.5) is 0 Å². The molecule has 0 bridgehead atoms. The molecular weight excluding hydrogens is 394 g/mol. The van der Waals surface area contributed by atoms with Gasteiger partial charge in [0.2, 0.25) is 11.8 Å². The molecule has 31 heavy (non-hydrogen) atoms. The highest BCUT2D eigenvalue weighted by Gasteiger charge is 2.31. The van der Waals surface area contributed by atoms with E-state index in [-0.39, 0.29) is 29.8 Å². The number of rotatable bonds is 7. The van der Waals surface area contributed by atoms with E-state index in [1.54, 1.807) is 6.20 Å². The molecule has 8 nitrogen and oxygen atoms in total. The highest BCUT2D eigenvalue weighted by atomic mass is 16.5. The molecule has 1 aliphatic carbocycles. The van der Waals surface area contributed by atoms with Gasteiger partial charge in [0.1, 0.15) is 0 Å². The zero-order valence-electron chi connectivity index (χ0n) is 18.0. The van der Waals surface area contributed by atoms with Crippen molar-refractivity contribution < 1.29 is 14.3 Å². The normalized spacial score (nSPS) is 23.9. The van der Waals surface area contributed by atoms with E-state index >= 15 is 0 Å². The van der Waals surface area contributed by atoms with Crippen LogP contribution < -0.4 is 5.32 Å². The lowest BCUT2D eigenvalue weighted by molar-refractivity contribution is -0.134. The molecule has 2 atom stereocenters. The summed E-state index contributed by atoms with van der Waals surface area (Å²) in [6.07, 6.45) is 8.41. The summed E-state index contributed by atoms with van der Waals surface area (Å²) in [5.74, 6) is 0.762. The molecule has 166 valence electrons. The molecule has 0 aromatic carbocycles. The van der Waals surface area contributed by atoms with Crippen LogP contribution in [0.15, 0.2) is 18.3 Å². The minimum atomic E-state index is 0.0861. The number of nitrogens with one attached hydrogen (secondary N) is 1. The van der Waals surface area contributed by atoms with Crippen LogP contribution in [0.3, 0.4) is 0 Å². The van der Waals surface area contributed by atoms with Gasteiger partial charge in [0.25, 0.3) is 0 Å².